The molecule has 0 aromatic carbocycles. The van der Waals surface area contributed by atoms with Crippen molar-refractivity contribution in [2.75, 3.05) is 13.1 Å². The van der Waals surface area contributed by atoms with Crippen LogP contribution >= 0.6 is 0 Å². The number of piperidine rings is 1. The number of nitrogens with one attached hydrogen (secondary N) is 2. The predicted molar refractivity (Wildman–Crippen MR) is 76.8 cm³/mol. The Morgan fingerprint density at radius 2 is 2.10 bits per heavy atom. The summed E-state index contributed by atoms with van der Waals surface area (Å²) in [6.07, 6.45) is 3.81. The first-order chi connectivity index (χ1) is 10.3. The van der Waals surface area contributed by atoms with Crippen molar-refractivity contribution < 1.29 is 4.52 Å². The van der Waals surface area contributed by atoms with E-state index in [1.165, 1.54) is 0 Å². The summed E-state index contributed by atoms with van der Waals surface area (Å²) < 4.78 is 5.46. The molecule has 4 heterocycles. The second-order valence-electron chi connectivity index (χ2n) is 5.36. The van der Waals surface area contributed by atoms with E-state index in [0.29, 0.717) is 17.5 Å². The van der Waals surface area contributed by atoms with Crippen LogP contribution in [0.5, 0.6) is 0 Å². The summed E-state index contributed by atoms with van der Waals surface area (Å²) in [6, 6.07) is 1.87. The average molecular weight is 284 g/mol. The van der Waals surface area contributed by atoms with Gasteiger partial charge in [-0.15, -0.1) is 0 Å². The first kappa shape index (κ1) is 12.5. The lowest BCUT2D eigenvalue weighted by atomic mass is 9.98. The second kappa shape index (κ2) is 4.92. The Morgan fingerprint density at radius 1 is 1.24 bits per heavy atom. The molecule has 0 atom stereocenters. The smallest absolute Gasteiger partial charge is 0.260 e. The fourth-order valence-electron chi connectivity index (χ4n) is 2.79. The molecule has 0 spiro atoms. The largest absolute Gasteiger partial charge is 0.340 e. The second-order valence-corrected chi connectivity index (χ2v) is 5.36. The van der Waals surface area contributed by atoms with Crippen molar-refractivity contribution in [1.82, 2.24) is 30.4 Å². The number of hydrogen-bond donors (Lipinski definition) is 2. The zero-order chi connectivity index (χ0) is 14.2. The van der Waals surface area contributed by atoms with Gasteiger partial charge in [-0.25, -0.2) is 9.97 Å². The van der Waals surface area contributed by atoms with E-state index in [0.717, 1.165) is 48.7 Å². The van der Waals surface area contributed by atoms with Crippen molar-refractivity contribution >= 4 is 11.2 Å². The monoisotopic (exact) mass is 284 g/mol. The van der Waals surface area contributed by atoms with Crippen molar-refractivity contribution in [1.29, 1.82) is 0 Å². The minimum absolute atomic E-state index is 0.379. The number of hydrogen-bond acceptors (Lipinski definition) is 6. The van der Waals surface area contributed by atoms with E-state index in [1.807, 2.05) is 13.0 Å². The van der Waals surface area contributed by atoms with Gasteiger partial charge in [0.1, 0.15) is 5.82 Å². The molecule has 0 radical (unpaired) electrons. The van der Waals surface area contributed by atoms with Crippen LogP contribution in [0.15, 0.2) is 16.8 Å². The first-order valence-corrected chi connectivity index (χ1v) is 7.17. The number of aryl methyl sites for hydroxylation is 1. The molecule has 108 valence electrons. The number of nitrogens with zero attached hydrogens (tertiary/aromatic N) is 4. The van der Waals surface area contributed by atoms with Crippen LogP contribution < -0.4 is 5.32 Å². The molecule has 0 unspecified atom stereocenters. The molecule has 1 saturated heterocycles. The molecule has 7 heteroatoms. The molecular weight excluding hydrogens is 268 g/mol. The summed E-state index contributed by atoms with van der Waals surface area (Å²) in [6.45, 7) is 3.92. The van der Waals surface area contributed by atoms with Crippen LogP contribution in [0.25, 0.3) is 22.6 Å². The normalized spacial score (nSPS) is 16.6. The van der Waals surface area contributed by atoms with Gasteiger partial charge in [-0.05, 0) is 38.9 Å². The Morgan fingerprint density at radius 3 is 2.95 bits per heavy atom. The highest BCUT2D eigenvalue weighted by molar-refractivity contribution is 5.86. The number of imidazole rings is 1. The average Bonchev–Trinajstić information content (AvgIpc) is 3.13. The lowest BCUT2D eigenvalue weighted by Gasteiger charge is -2.18. The predicted octanol–water partition coefficient (Wildman–Crippen LogP) is 1.78. The number of H-pyrrole nitrogens is 1. The number of aromatic nitrogens is 5. The highest BCUT2D eigenvalue weighted by Crippen LogP contribution is 2.28. The molecule has 1 aliphatic rings. The highest BCUT2D eigenvalue weighted by Gasteiger charge is 2.22. The van der Waals surface area contributed by atoms with Gasteiger partial charge in [0, 0.05) is 12.1 Å². The minimum Gasteiger partial charge on any atom is -0.340 e. The van der Waals surface area contributed by atoms with E-state index in [2.05, 4.69) is 30.4 Å². The van der Waals surface area contributed by atoms with Crippen LogP contribution in [0.2, 0.25) is 0 Å². The lowest BCUT2D eigenvalue weighted by molar-refractivity contribution is 0.392. The molecule has 4 rings (SSSR count). The Balaban J connectivity index is 1.73. The van der Waals surface area contributed by atoms with Gasteiger partial charge in [0.2, 0.25) is 0 Å². The Labute approximate surface area is 121 Å². The van der Waals surface area contributed by atoms with Crippen LogP contribution in [0.3, 0.4) is 0 Å². The standard InChI is InChI=1S/C14H16N6O/c1-8-17-11-10(4-7-16-13(11)18-8)14-19-12(20-21-14)9-2-5-15-6-3-9/h4,7,9,15H,2-3,5-6H2,1H3,(H,16,17,18). The molecule has 2 N–H and O–H groups in total. The maximum atomic E-state index is 5.46. The molecule has 3 aromatic rings. The molecule has 0 bridgehead atoms. The molecule has 1 aliphatic heterocycles. The highest BCUT2D eigenvalue weighted by atomic mass is 16.5. The van der Waals surface area contributed by atoms with Crippen LogP contribution in [-0.2, 0) is 0 Å². The topological polar surface area (TPSA) is 92.5 Å². The zero-order valence-corrected chi connectivity index (χ0v) is 11.8. The number of rotatable bonds is 2. The lowest BCUT2D eigenvalue weighted by Crippen LogP contribution is -2.27. The first-order valence-electron chi connectivity index (χ1n) is 7.17. The summed E-state index contributed by atoms with van der Waals surface area (Å²) in [5, 5.41) is 7.50. The summed E-state index contributed by atoms with van der Waals surface area (Å²) in [7, 11) is 0. The number of aromatic amines is 1. The van der Waals surface area contributed by atoms with Gasteiger partial charge in [0.25, 0.3) is 5.89 Å². The van der Waals surface area contributed by atoms with Gasteiger partial charge in [-0.2, -0.15) is 4.98 Å². The van der Waals surface area contributed by atoms with Crippen LogP contribution in [0.1, 0.15) is 30.4 Å². The molecule has 0 amide bonds. The van der Waals surface area contributed by atoms with Crippen LogP contribution in [0.4, 0.5) is 0 Å². The molecule has 3 aromatic heterocycles. The van der Waals surface area contributed by atoms with E-state index < -0.39 is 0 Å². The Kier molecular flexibility index (Phi) is 2.92. The third-order valence-electron chi connectivity index (χ3n) is 3.89. The van der Waals surface area contributed by atoms with Crippen LogP contribution in [-0.4, -0.2) is 38.2 Å². The molecule has 21 heavy (non-hydrogen) atoms. The van der Waals surface area contributed by atoms with E-state index in [9.17, 15) is 0 Å². The fraction of sp³-hybridized carbons (Fsp3) is 0.429. The van der Waals surface area contributed by atoms with Crippen molar-refractivity contribution in [3.05, 3.63) is 23.9 Å². The van der Waals surface area contributed by atoms with Crippen molar-refractivity contribution in [3.63, 3.8) is 0 Å². The summed E-state index contributed by atoms with van der Waals surface area (Å²) >= 11 is 0. The fourth-order valence-corrected chi connectivity index (χ4v) is 2.79. The maximum absolute atomic E-state index is 5.46. The molecule has 0 saturated carbocycles. The molecule has 1 fully saturated rings. The Hall–Kier alpha value is -2.28. The van der Waals surface area contributed by atoms with Crippen molar-refractivity contribution in [2.24, 2.45) is 0 Å². The summed E-state index contributed by atoms with van der Waals surface area (Å²) in [5.74, 6) is 2.53. The molecule has 0 aliphatic carbocycles. The van der Waals surface area contributed by atoms with Gasteiger partial charge in [-0.1, -0.05) is 5.16 Å². The quantitative estimate of drug-likeness (QED) is 0.745. The maximum Gasteiger partial charge on any atom is 0.260 e. The van der Waals surface area contributed by atoms with Gasteiger partial charge in [0.05, 0.1) is 11.1 Å². The van der Waals surface area contributed by atoms with Gasteiger partial charge < -0.3 is 14.8 Å². The summed E-state index contributed by atoms with van der Waals surface area (Å²) in [4.78, 5) is 16.4. The van der Waals surface area contributed by atoms with Crippen molar-refractivity contribution in [3.8, 4) is 11.5 Å². The minimum atomic E-state index is 0.379. The SMILES string of the molecule is Cc1nc2nccc(-c3nc(C4CCNCC4)no3)c2[nH]1. The van der Waals surface area contributed by atoms with E-state index >= 15 is 0 Å². The third kappa shape index (κ3) is 2.19. The number of fused-ring (bicyclic) bond motifs is 1. The van der Waals surface area contributed by atoms with Gasteiger partial charge in [0.15, 0.2) is 11.5 Å². The van der Waals surface area contributed by atoms with Crippen LogP contribution in [0, 0.1) is 6.92 Å². The van der Waals surface area contributed by atoms with E-state index in [1.54, 1.807) is 6.20 Å². The molecule has 7 nitrogen and oxygen atoms in total. The van der Waals surface area contributed by atoms with Gasteiger partial charge in [-0.3, -0.25) is 0 Å². The summed E-state index contributed by atoms with van der Waals surface area (Å²) in [5.41, 5.74) is 2.37. The van der Waals surface area contributed by atoms with E-state index in [-0.39, 0.29) is 0 Å². The van der Waals surface area contributed by atoms with Gasteiger partial charge >= 0.3 is 0 Å². The third-order valence-corrected chi connectivity index (χ3v) is 3.89. The molecular formula is C14H16N6O. The number of pyridine rings is 1. The Bertz CT molecular complexity index is 771. The zero-order valence-electron chi connectivity index (χ0n) is 11.8. The van der Waals surface area contributed by atoms with Crippen molar-refractivity contribution in [2.45, 2.75) is 25.7 Å². The van der Waals surface area contributed by atoms with E-state index in [4.69, 9.17) is 4.52 Å².